The minimum Gasteiger partial charge on any atom is -0.479 e. The normalized spacial score (nSPS) is 10.4. The largest absolute Gasteiger partial charge is 0.479 e. The Balaban J connectivity index is 1.53. The predicted molar refractivity (Wildman–Crippen MR) is 116 cm³/mol. The standard InChI is InChI=1S/C23H15ClN4O2/c1-30-23-21(24)27-19-11-10-18(12-20(19)28-23)26-22(29)17-8-6-16(7-9-17)15-4-2-14(13-25)3-5-15/h2-12H,1H3,(H,26,29). The molecule has 0 radical (unpaired) electrons. The topological polar surface area (TPSA) is 87.9 Å². The summed E-state index contributed by atoms with van der Waals surface area (Å²) < 4.78 is 5.10. The van der Waals surface area contributed by atoms with E-state index in [4.69, 9.17) is 21.6 Å². The van der Waals surface area contributed by atoms with E-state index in [1.54, 1.807) is 42.5 Å². The maximum Gasteiger partial charge on any atom is 0.255 e. The number of halogens is 1. The van der Waals surface area contributed by atoms with E-state index in [2.05, 4.69) is 21.4 Å². The van der Waals surface area contributed by atoms with Crippen molar-refractivity contribution in [1.82, 2.24) is 9.97 Å². The van der Waals surface area contributed by atoms with Gasteiger partial charge in [-0.3, -0.25) is 4.79 Å². The molecule has 0 spiro atoms. The van der Waals surface area contributed by atoms with Crippen LogP contribution in [0.1, 0.15) is 15.9 Å². The number of nitriles is 1. The molecule has 0 unspecified atom stereocenters. The number of fused-ring (bicyclic) bond motifs is 1. The van der Waals surface area contributed by atoms with Crippen LogP contribution in [0.2, 0.25) is 5.15 Å². The van der Waals surface area contributed by atoms with E-state index in [0.29, 0.717) is 27.8 Å². The lowest BCUT2D eigenvalue weighted by atomic mass is 10.0. The fourth-order valence-electron chi connectivity index (χ4n) is 2.98. The molecule has 4 aromatic rings. The highest BCUT2D eigenvalue weighted by atomic mass is 35.5. The van der Waals surface area contributed by atoms with Gasteiger partial charge in [0.05, 0.1) is 29.8 Å². The summed E-state index contributed by atoms with van der Waals surface area (Å²) in [6.07, 6.45) is 0. The number of hydrogen-bond donors (Lipinski definition) is 1. The number of methoxy groups -OCH3 is 1. The number of aromatic nitrogens is 2. The van der Waals surface area contributed by atoms with E-state index in [9.17, 15) is 4.79 Å². The fraction of sp³-hybridized carbons (Fsp3) is 0.0435. The number of carbonyl (C=O) groups is 1. The summed E-state index contributed by atoms with van der Waals surface area (Å²) >= 11 is 6.00. The second-order valence-electron chi connectivity index (χ2n) is 6.45. The molecule has 1 amide bonds. The summed E-state index contributed by atoms with van der Waals surface area (Å²) in [5.74, 6) is -0.0133. The summed E-state index contributed by atoms with van der Waals surface area (Å²) in [7, 11) is 1.47. The van der Waals surface area contributed by atoms with Crippen molar-refractivity contribution >= 4 is 34.2 Å². The van der Waals surface area contributed by atoms with Crippen LogP contribution >= 0.6 is 11.6 Å². The highest BCUT2D eigenvalue weighted by Gasteiger charge is 2.10. The third kappa shape index (κ3) is 3.93. The van der Waals surface area contributed by atoms with Gasteiger partial charge in [-0.05, 0) is 53.6 Å². The number of ether oxygens (including phenoxy) is 1. The molecule has 0 fully saturated rings. The van der Waals surface area contributed by atoms with Crippen molar-refractivity contribution in [2.75, 3.05) is 12.4 Å². The van der Waals surface area contributed by atoms with Gasteiger partial charge >= 0.3 is 0 Å². The van der Waals surface area contributed by atoms with E-state index >= 15 is 0 Å². The van der Waals surface area contributed by atoms with Crippen LogP contribution in [0.25, 0.3) is 22.2 Å². The lowest BCUT2D eigenvalue weighted by molar-refractivity contribution is 0.102. The number of carbonyl (C=O) groups excluding carboxylic acids is 1. The quantitative estimate of drug-likeness (QED) is 0.503. The van der Waals surface area contributed by atoms with Crippen molar-refractivity contribution in [2.45, 2.75) is 0 Å². The smallest absolute Gasteiger partial charge is 0.255 e. The molecule has 0 bridgehead atoms. The molecule has 0 saturated carbocycles. The zero-order valence-corrected chi connectivity index (χ0v) is 16.6. The first-order valence-electron chi connectivity index (χ1n) is 9.00. The first-order chi connectivity index (χ1) is 14.6. The van der Waals surface area contributed by atoms with Crippen LogP contribution in [0, 0.1) is 11.3 Å². The molecule has 7 heteroatoms. The van der Waals surface area contributed by atoms with Crippen molar-refractivity contribution in [1.29, 1.82) is 5.26 Å². The van der Waals surface area contributed by atoms with Gasteiger partial charge in [-0.2, -0.15) is 5.26 Å². The first kappa shape index (κ1) is 19.4. The molecule has 0 aliphatic heterocycles. The van der Waals surface area contributed by atoms with E-state index in [1.165, 1.54) is 7.11 Å². The lowest BCUT2D eigenvalue weighted by Crippen LogP contribution is -2.11. The van der Waals surface area contributed by atoms with Crippen molar-refractivity contribution < 1.29 is 9.53 Å². The molecular weight excluding hydrogens is 400 g/mol. The average molecular weight is 415 g/mol. The molecule has 6 nitrogen and oxygen atoms in total. The molecule has 146 valence electrons. The molecule has 1 N–H and O–H groups in total. The second-order valence-corrected chi connectivity index (χ2v) is 6.81. The van der Waals surface area contributed by atoms with Gasteiger partial charge < -0.3 is 10.1 Å². The van der Waals surface area contributed by atoms with Gasteiger partial charge in [-0.15, -0.1) is 0 Å². The van der Waals surface area contributed by atoms with Crippen molar-refractivity contribution in [3.8, 4) is 23.1 Å². The minimum atomic E-state index is -0.241. The zero-order valence-electron chi connectivity index (χ0n) is 15.9. The number of rotatable bonds is 4. The number of nitrogens with zero attached hydrogens (tertiary/aromatic N) is 3. The summed E-state index contributed by atoms with van der Waals surface area (Å²) in [6, 6.07) is 21.8. The van der Waals surface area contributed by atoms with Gasteiger partial charge in [0.1, 0.15) is 0 Å². The molecule has 0 atom stereocenters. The number of benzene rings is 3. The minimum absolute atomic E-state index is 0.184. The van der Waals surface area contributed by atoms with Crippen LogP contribution in [-0.4, -0.2) is 23.0 Å². The Hall–Kier alpha value is -3.95. The number of nitrogens with one attached hydrogen (secondary N) is 1. The average Bonchev–Trinajstić information content (AvgIpc) is 2.79. The summed E-state index contributed by atoms with van der Waals surface area (Å²) in [5, 5.41) is 11.9. The number of anilines is 1. The van der Waals surface area contributed by atoms with Gasteiger partial charge in [0, 0.05) is 11.3 Å². The van der Waals surface area contributed by atoms with Crippen molar-refractivity contribution in [2.24, 2.45) is 0 Å². The van der Waals surface area contributed by atoms with Gasteiger partial charge in [-0.25, -0.2) is 9.97 Å². The maximum atomic E-state index is 12.6. The highest BCUT2D eigenvalue weighted by Crippen LogP contribution is 2.25. The van der Waals surface area contributed by atoms with E-state index in [-0.39, 0.29) is 16.9 Å². The molecule has 0 saturated heterocycles. The fourth-order valence-corrected chi connectivity index (χ4v) is 3.19. The number of amides is 1. The van der Waals surface area contributed by atoms with E-state index in [1.807, 2.05) is 24.3 Å². The van der Waals surface area contributed by atoms with Crippen LogP contribution in [-0.2, 0) is 0 Å². The molecular formula is C23H15ClN4O2. The maximum absolute atomic E-state index is 12.6. The third-order valence-corrected chi connectivity index (χ3v) is 4.78. The predicted octanol–water partition coefficient (Wildman–Crippen LogP) is 5.08. The molecule has 3 aromatic carbocycles. The number of hydrogen-bond acceptors (Lipinski definition) is 5. The highest BCUT2D eigenvalue weighted by molar-refractivity contribution is 6.31. The monoisotopic (exact) mass is 414 g/mol. The van der Waals surface area contributed by atoms with Gasteiger partial charge in [0.2, 0.25) is 0 Å². The van der Waals surface area contributed by atoms with Crippen LogP contribution < -0.4 is 10.1 Å². The van der Waals surface area contributed by atoms with Crippen LogP contribution in [0.3, 0.4) is 0 Å². The van der Waals surface area contributed by atoms with Crippen LogP contribution in [0.5, 0.6) is 5.88 Å². The molecule has 30 heavy (non-hydrogen) atoms. The first-order valence-corrected chi connectivity index (χ1v) is 9.38. The second kappa shape index (κ2) is 8.19. The molecule has 0 aliphatic carbocycles. The van der Waals surface area contributed by atoms with Crippen LogP contribution in [0.4, 0.5) is 5.69 Å². The lowest BCUT2D eigenvalue weighted by Gasteiger charge is -2.08. The molecule has 0 aliphatic rings. The Bertz CT molecular complexity index is 1280. The Morgan fingerprint density at radius 1 is 0.967 bits per heavy atom. The summed E-state index contributed by atoms with van der Waals surface area (Å²) in [5.41, 5.74) is 4.81. The Kier molecular flexibility index (Phi) is 5.29. The molecule has 1 aromatic heterocycles. The summed E-state index contributed by atoms with van der Waals surface area (Å²) in [4.78, 5) is 21.2. The van der Waals surface area contributed by atoms with E-state index in [0.717, 1.165) is 11.1 Å². The summed E-state index contributed by atoms with van der Waals surface area (Å²) in [6.45, 7) is 0. The van der Waals surface area contributed by atoms with Crippen molar-refractivity contribution in [3.05, 3.63) is 83.0 Å². The molecule has 1 heterocycles. The Labute approximate surface area is 177 Å². The van der Waals surface area contributed by atoms with Gasteiger partial charge in [0.15, 0.2) is 5.15 Å². The van der Waals surface area contributed by atoms with Gasteiger partial charge in [0.25, 0.3) is 11.8 Å². The molecule has 4 rings (SSSR count). The third-order valence-electron chi connectivity index (χ3n) is 4.54. The SMILES string of the molecule is COc1nc2cc(NC(=O)c3ccc(-c4ccc(C#N)cc4)cc3)ccc2nc1Cl. The Morgan fingerprint density at radius 2 is 1.63 bits per heavy atom. The van der Waals surface area contributed by atoms with Crippen LogP contribution in [0.15, 0.2) is 66.7 Å². The van der Waals surface area contributed by atoms with Crippen molar-refractivity contribution in [3.63, 3.8) is 0 Å². The van der Waals surface area contributed by atoms with E-state index < -0.39 is 0 Å². The Morgan fingerprint density at radius 3 is 2.27 bits per heavy atom. The zero-order chi connectivity index (χ0) is 21.1. The van der Waals surface area contributed by atoms with Gasteiger partial charge in [-0.1, -0.05) is 35.9 Å².